The van der Waals surface area contributed by atoms with Crippen LogP contribution in [0.5, 0.6) is 0 Å². The predicted molar refractivity (Wildman–Crippen MR) is 222 cm³/mol. The molecule has 5 aliphatic rings. The molecule has 1 aromatic carbocycles. The van der Waals surface area contributed by atoms with E-state index in [2.05, 4.69) is 186 Å². The third-order valence-electron chi connectivity index (χ3n) is 9.92. The predicted octanol–water partition coefficient (Wildman–Crippen LogP) is 7.45. The van der Waals surface area contributed by atoms with Crippen LogP contribution in [0.2, 0.25) is 0 Å². The Balaban J connectivity index is 1.42. The molecule has 0 atom stereocenters. The molecule has 0 spiro atoms. The van der Waals surface area contributed by atoms with Gasteiger partial charge in [0.25, 0.3) is 17.1 Å². The van der Waals surface area contributed by atoms with Gasteiger partial charge >= 0.3 is 0 Å². The zero-order chi connectivity index (χ0) is 36.8. The summed E-state index contributed by atoms with van der Waals surface area (Å²) in [4.78, 5) is 29.0. The Morgan fingerprint density at radius 1 is 0.574 bits per heavy atom. The first kappa shape index (κ1) is 33.1. The van der Waals surface area contributed by atoms with E-state index in [1.165, 1.54) is 0 Å². The second kappa shape index (κ2) is 13.7. The van der Waals surface area contributed by atoms with Crippen LogP contribution in [0.4, 0.5) is 22.7 Å². The van der Waals surface area contributed by atoms with E-state index in [9.17, 15) is 0 Å². The lowest BCUT2D eigenvalue weighted by molar-refractivity contribution is -0.359. The minimum atomic E-state index is 0.744. The molecule has 54 heavy (non-hydrogen) atoms. The van der Waals surface area contributed by atoms with Crippen LogP contribution in [0.3, 0.4) is 0 Å². The number of H-pyrrole nitrogens is 2. The van der Waals surface area contributed by atoms with Crippen LogP contribution in [0.15, 0.2) is 90.7 Å². The molecule has 0 amide bonds. The summed E-state index contributed by atoms with van der Waals surface area (Å²) in [5.41, 5.74) is 12.7. The molecule has 0 unspecified atom stereocenters. The van der Waals surface area contributed by atoms with E-state index in [1.807, 2.05) is 12.1 Å². The van der Waals surface area contributed by atoms with Gasteiger partial charge in [-0.3, -0.25) is 0 Å². The number of nitrogens with one attached hydrogen (secondary N) is 2. The Morgan fingerprint density at radius 2 is 0.981 bits per heavy atom. The number of fused-ring (bicyclic) bond motifs is 8. The molecular formula is C42H38N11S+3. The van der Waals surface area contributed by atoms with Crippen molar-refractivity contribution in [2.75, 3.05) is 40.8 Å². The molecule has 0 saturated carbocycles. The summed E-state index contributed by atoms with van der Waals surface area (Å²) in [6.45, 7) is 2.29. The molecule has 8 heterocycles. The van der Waals surface area contributed by atoms with Crippen LogP contribution >= 0.6 is 12.2 Å². The largest absolute Gasteiger partial charge is 0.366 e. The minimum Gasteiger partial charge on any atom is -0.366 e. The highest BCUT2D eigenvalue weighted by Gasteiger charge is 2.27. The van der Waals surface area contributed by atoms with Crippen molar-refractivity contribution in [2.24, 2.45) is 4.99 Å². The lowest BCUT2D eigenvalue weighted by Crippen LogP contribution is -2.22. The van der Waals surface area contributed by atoms with Gasteiger partial charge in [-0.2, -0.15) is 18.7 Å². The van der Waals surface area contributed by atoms with Crippen molar-refractivity contribution in [2.45, 2.75) is 0 Å². The molecule has 0 fully saturated rings. The molecular weight excluding hydrogens is 691 g/mol. The Kier molecular flexibility index (Phi) is 8.38. The normalized spacial score (nSPS) is 16.1. The zero-order valence-corrected chi connectivity index (χ0v) is 31.0. The van der Waals surface area contributed by atoms with Gasteiger partial charge in [0.15, 0.2) is 37.2 Å². The molecule has 8 bridgehead atoms. The monoisotopic (exact) mass is 728 g/mol. The number of hydrogen-bond acceptors (Lipinski definition) is 7. The first-order chi connectivity index (χ1) is 26.4. The van der Waals surface area contributed by atoms with Crippen molar-refractivity contribution in [3.8, 4) is 11.1 Å². The Labute approximate surface area is 317 Å². The van der Waals surface area contributed by atoms with Crippen LogP contribution in [0.1, 0.15) is 22.8 Å². The summed E-state index contributed by atoms with van der Waals surface area (Å²) in [5, 5.41) is 2.48. The van der Waals surface area contributed by atoms with E-state index >= 15 is 0 Å². The molecule has 11 nitrogen and oxygen atoms in total. The van der Waals surface area contributed by atoms with Gasteiger partial charge in [-0.15, -0.1) is 0 Å². The lowest BCUT2D eigenvalue weighted by Gasteiger charge is -2.13. The number of aliphatic imine (C=N–C) groups is 1. The van der Waals surface area contributed by atoms with Gasteiger partial charge in [0.05, 0.1) is 54.8 Å². The minimum absolute atomic E-state index is 0.744. The summed E-state index contributed by atoms with van der Waals surface area (Å²) in [7, 11) is 6.21. The Bertz CT molecular complexity index is 2660. The van der Waals surface area contributed by atoms with E-state index in [1.54, 1.807) is 0 Å². The summed E-state index contributed by atoms with van der Waals surface area (Å²) in [6, 6.07) is 16.6. The first-order valence-electron chi connectivity index (χ1n) is 17.8. The molecule has 264 valence electrons. The fourth-order valence-electron chi connectivity index (χ4n) is 7.10. The van der Waals surface area contributed by atoms with Crippen molar-refractivity contribution in [1.82, 2.24) is 34.6 Å². The van der Waals surface area contributed by atoms with Gasteiger partial charge in [0.1, 0.15) is 33.6 Å². The van der Waals surface area contributed by atoms with Crippen LogP contribution in [-0.2, 0) is 0 Å². The number of aromatic amines is 2. The number of aromatic nitrogens is 4. The number of isothiocyanates is 1. The van der Waals surface area contributed by atoms with Crippen molar-refractivity contribution >= 4 is 105 Å². The fraction of sp³-hybridized carbons (Fsp3) is 0.143. The average Bonchev–Trinajstić information content (AvgIpc) is 4.02. The van der Waals surface area contributed by atoms with Crippen molar-refractivity contribution < 1.29 is 13.7 Å². The number of thiocarbonyl (C=S) groups is 1. The summed E-state index contributed by atoms with van der Waals surface area (Å²) in [6.07, 6.45) is 27.5. The van der Waals surface area contributed by atoms with E-state index in [0.29, 0.717) is 0 Å². The molecule has 9 rings (SSSR count). The number of benzene rings is 1. The Hall–Kier alpha value is -6.75. The molecule has 2 N–H and O–H groups in total. The topological polar surface area (TPSA) is 88.5 Å². The number of nitrogens with zero attached hydrogens (tertiary/aromatic N) is 9. The van der Waals surface area contributed by atoms with Gasteiger partial charge in [0, 0.05) is 32.2 Å². The highest BCUT2D eigenvalue weighted by molar-refractivity contribution is 7.78. The summed E-state index contributed by atoms with van der Waals surface area (Å²) >= 11 is 4.88. The van der Waals surface area contributed by atoms with E-state index < -0.39 is 0 Å². The molecule has 0 saturated heterocycles. The van der Waals surface area contributed by atoms with Gasteiger partial charge in [0.2, 0.25) is 0 Å². The molecule has 0 aliphatic carbocycles. The van der Waals surface area contributed by atoms with Crippen molar-refractivity contribution in [3.05, 3.63) is 109 Å². The number of rotatable bonds is 5. The van der Waals surface area contributed by atoms with Gasteiger partial charge in [-0.25, -0.2) is 9.97 Å². The molecule has 3 aromatic heterocycles. The van der Waals surface area contributed by atoms with Gasteiger partial charge in [-0.05, 0) is 78.5 Å². The zero-order valence-electron chi connectivity index (χ0n) is 30.2. The van der Waals surface area contributed by atoms with Crippen LogP contribution in [0.25, 0.3) is 57.5 Å². The molecule has 4 aromatic rings. The second-order valence-electron chi connectivity index (χ2n) is 13.7. The standard InChI is InChI=1S/C42H38N11S/c1-48-16-22-51(23-17-48)40-33-10-8-31(44-33)39(29-4-6-30(7-5-29)43-28-54)32-9-11-34(45-32)41(52-24-18-49(2)19-25-52)36-13-15-38(47-36)42(37-14-12-35(40)46-37)53-26-20-50(3)21-27-53/h4-16,18,20,22-27,44,47H,17,19,21H2,1-3H3/q+3. The average molecular weight is 729 g/mol. The SMILES string of the molecule is CN1C=C[N+](c2c3nc(c([N+]4=CCN(C)C=C4)c4ccc([nH]4)c([N+]4=CCN(C)C=C4)c4nc(c(-c5ccc(N=C=S)cc5)c5ccc2[nH]5)C=C4)C=C3)=CC1. The van der Waals surface area contributed by atoms with Crippen LogP contribution in [0, 0.1) is 0 Å². The third-order valence-corrected chi connectivity index (χ3v) is 10.0. The maximum atomic E-state index is 5.38. The first-order valence-corrected chi connectivity index (χ1v) is 18.2. The Morgan fingerprint density at radius 3 is 1.41 bits per heavy atom. The second-order valence-corrected chi connectivity index (χ2v) is 13.8. The van der Waals surface area contributed by atoms with E-state index in [0.717, 1.165) is 98.4 Å². The highest BCUT2D eigenvalue weighted by atomic mass is 32.1. The highest BCUT2D eigenvalue weighted by Crippen LogP contribution is 2.37. The molecule has 5 aliphatic heterocycles. The maximum absolute atomic E-state index is 5.38. The molecule has 12 heteroatoms. The smallest absolute Gasteiger partial charge is 0.260 e. The van der Waals surface area contributed by atoms with E-state index in [4.69, 9.17) is 22.2 Å². The summed E-state index contributed by atoms with van der Waals surface area (Å²) in [5.74, 6) is 0. The van der Waals surface area contributed by atoms with Crippen LogP contribution in [-0.4, -0.2) is 113 Å². The van der Waals surface area contributed by atoms with Crippen LogP contribution < -0.4 is 0 Å². The fourth-order valence-corrected chi connectivity index (χ4v) is 7.21. The lowest BCUT2D eigenvalue weighted by atomic mass is 10.0. The summed E-state index contributed by atoms with van der Waals surface area (Å²) < 4.78 is 6.50. The van der Waals surface area contributed by atoms with Gasteiger partial charge < -0.3 is 24.7 Å². The van der Waals surface area contributed by atoms with Crippen molar-refractivity contribution in [1.29, 1.82) is 0 Å². The van der Waals surface area contributed by atoms with E-state index in [-0.39, 0.29) is 0 Å². The van der Waals surface area contributed by atoms with Gasteiger partial charge in [-0.1, -0.05) is 12.1 Å². The van der Waals surface area contributed by atoms with Crippen molar-refractivity contribution in [3.63, 3.8) is 0 Å². The quantitative estimate of drug-likeness (QED) is 0.109. The third kappa shape index (κ3) is 6.13. The molecule has 0 radical (unpaired) electrons. The maximum Gasteiger partial charge on any atom is 0.260 e. The number of hydrogen-bond donors (Lipinski definition) is 2.